The van der Waals surface area contributed by atoms with Crippen molar-refractivity contribution in [2.75, 3.05) is 19.7 Å². The molecule has 2 atom stereocenters. The minimum Gasteiger partial charge on any atom is -0.494 e. The zero-order chi connectivity index (χ0) is 13.0. The van der Waals surface area contributed by atoms with Crippen LogP contribution in [0.1, 0.15) is 38.3 Å². The van der Waals surface area contributed by atoms with E-state index in [1.807, 2.05) is 19.1 Å². The van der Waals surface area contributed by atoms with Crippen LogP contribution in [0, 0.1) is 0 Å². The predicted molar refractivity (Wildman–Crippen MR) is 74.8 cm³/mol. The van der Waals surface area contributed by atoms with Crippen LogP contribution in [0.4, 0.5) is 0 Å². The van der Waals surface area contributed by atoms with Crippen LogP contribution in [0.3, 0.4) is 0 Å². The Morgan fingerprint density at radius 3 is 2.61 bits per heavy atom. The highest BCUT2D eigenvalue weighted by Gasteiger charge is 2.27. The zero-order valence-electron chi connectivity index (χ0n) is 11.4. The van der Waals surface area contributed by atoms with E-state index in [0.717, 1.165) is 12.3 Å². The third-order valence-corrected chi connectivity index (χ3v) is 3.80. The van der Waals surface area contributed by atoms with Crippen molar-refractivity contribution in [3.63, 3.8) is 0 Å². The van der Waals surface area contributed by atoms with Crippen LogP contribution in [0.25, 0.3) is 0 Å². The fourth-order valence-corrected chi connectivity index (χ4v) is 2.83. The zero-order valence-corrected chi connectivity index (χ0v) is 11.4. The third kappa shape index (κ3) is 2.85. The van der Waals surface area contributed by atoms with Crippen molar-refractivity contribution < 1.29 is 4.74 Å². The number of hydrogen-bond donors (Lipinski definition) is 1. The molecule has 1 saturated heterocycles. The summed E-state index contributed by atoms with van der Waals surface area (Å²) in [5.41, 5.74) is 7.27. The number of nitrogens with two attached hydrogens (primary N) is 1. The van der Waals surface area contributed by atoms with Crippen LogP contribution in [-0.4, -0.2) is 30.6 Å². The van der Waals surface area contributed by atoms with E-state index >= 15 is 0 Å². The number of benzene rings is 1. The highest BCUT2D eigenvalue weighted by atomic mass is 16.5. The molecule has 0 spiro atoms. The van der Waals surface area contributed by atoms with Crippen LogP contribution in [0.15, 0.2) is 24.3 Å². The maximum atomic E-state index is 5.97. The van der Waals surface area contributed by atoms with Gasteiger partial charge in [-0.05, 0) is 50.9 Å². The summed E-state index contributed by atoms with van der Waals surface area (Å²) in [7, 11) is 0. The van der Waals surface area contributed by atoms with Crippen molar-refractivity contribution in [1.29, 1.82) is 0 Å². The van der Waals surface area contributed by atoms with Crippen molar-refractivity contribution in [2.24, 2.45) is 5.73 Å². The average molecular weight is 248 g/mol. The summed E-state index contributed by atoms with van der Waals surface area (Å²) in [6.45, 7) is 6.85. The van der Waals surface area contributed by atoms with Crippen LogP contribution < -0.4 is 10.5 Å². The predicted octanol–water partition coefficient (Wildman–Crippen LogP) is 2.57. The van der Waals surface area contributed by atoms with Gasteiger partial charge in [-0.15, -0.1) is 0 Å². The summed E-state index contributed by atoms with van der Waals surface area (Å²) in [4.78, 5) is 2.52. The summed E-state index contributed by atoms with van der Waals surface area (Å²) in [5.74, 6) is 0.937. The molecule has 1 fully saturated rings. The van der Waals surface area contributed by atoms with E-state index in [1.54, 1.807) is 0 Å². The number of nitrogens with zero attached hydrogens (tertiary/aromatic N) is 1. The average Bonchev–Trinajstić information content (AvgIpc) is 2.79. The van der Waals surface area contributed by atoms with Gasteiger partial charge in [0, 0.05) is 18.6 Å². The fourth-order valence-electron chi connectivity index (χ4n) is 2.83. The Labute approximate surface area is 110 Å². The van der Waals surface area contributed by atoms with Crippen LogP contribution in [0.5, 0.6) is 5.75 Å². The molecule has 0 bridgehead atoms. The second kappa shape index (κ2) is 6.21. The second-order valence-electron chi connectivity index (χ2n) is 4.98. The Balaban J connectivity index is 2.11. The normalized spacial score (nSPS) is 22.1. The van der Waals surface area contributed by atoms with Gasteiger partial charge in [0.25, 0.3) is 0 Å². The first kappa shape index (κ1) is 13.4. The molecule has 3 heteroatoms. The van der Waals surface area contributed by atoms with Crippen LogP contribution >= 0.6 is 0 Å². The van der Waals surface area contributed by atoms with Crippen molar-refractivity contribution in [3.05, 3.63) is 29.8 Å². The van der Waals surface area contributed by atoms with Crippen molar-refractivity contribution >= 4 is 0 Å². The van der Waals surface area contributed by atoms with Crippen molar-refractivity contribution in [3.8, 4) is 5.75 Å². The van der Waals surface area contributed by atoms with Gasteiger partial charge in [0.05, 0.1) is 6.61 Å². The Hall–Kier alpha value is -1.06. The summed E-state index contributed by atoms with van der Waals surface area (Å²) < 4.78 is 5.48. The lowest BCUT2D eigenvalue weighted by atomic mass is 10.0. The molecule has 100 valence electrons. The molecule has 0 amide bonds. The smallest absolute Gasteiger partial charge is 0.119 e. The highest BCUT2D eigenvalue weighted by Crippen LogP contribution is 2.29. The van der Waals surface area contributed by atoms with Crippen molar-refractivity contribution in [1.82, 2.24) is 4.90 Å². The van der Waals surface area contributed by atoms with Gasteiger partial charge in [0.2, 0.25) is 0 Å². The minimum atomic E-state index is 0.346. The number of rotatable bonds is 5. The standard InChI is InChI=1S/C15H24N2O/c1-3-18-14-8-6-13(7-9-14)15(11-16)17-10-4-5-12(17)2/h6-9,12,15H,3-5,10-11,16H2,1-2H3. The Bertz CT molecular complexity index is 363. The summed E-state index contributed by atoms with van der Waals surface area (Å²) in [6, 6.07) is 9.37. The highest BCUT2D eigenvalue weighted by molar-refractivity contribution is 5.29. The van der Waals surface area contributed by atoms with Gasteiger partial charge < -0.3 is 10.5 Å². The van der Waals surface area contributed by atoms with E-state index in [9.17, 15) is 0 Å². The van der Waals surface area contributed by atoms with Crippen molar-refractivity contribution in [2.45, 2.75) is 38.8 Å². The molecule has 18 heavy (non-hydrogen) atoms. The lowest BCUT2D eigenvalue weighted by molar-refractivity contribution is 0.195. The summed E-state index contributed by atoms with van der Waals surface area (Å²) in [6.07, 6.45) is 2.57. The molecule has 1 aromatic rings. The van der Waals surface area contributed by atoms with Gasteiger partial charge in [0.1, 0.15) is 5.75 Å². The van der Waals surface area contributed by atoms with Gasteiger partial charge in [-0.3, -0.25) is 4.90 Å². The maximum absolute atomic E-state index is 5.97. The molecule has 2 unspecified atom stereocenters. The number of ether oxygens (including phenoxy) is 1. The van der Waals surface area contributed by atoms with Crippen LogP contribution in [0.2, 0.25) is 0 Å². The maximum Gasteiger partial charge on any atom is 0.119 e. The van der Waals surface area contributed by atoms with E-state index in [0.29, 0.717) is 25.2 Å². The molecule has 1 aliphatic rings. The monoisotopic (exact) mass is 248 g/mol. The molecule has 3 nitrogen and oxygen atoms in total. The second-order valence-corrected chi connectivity index (χ2v) is 4.98. The van der Waals surface area contributed by atoms with Gasteiger partial charge in [-0.2, -0.15) is 0 Å². The molecule has 2 N–H and O–H groups in total. The first-order valence-electron chi connectivity index (χ1n) is 6.94. The first-order chi connectivity index (χ1) is 8.76. The van der Waals surface area contributed by atoms with E-state index in [-0.39, 0.29) is 0 Å². The minimum absolute atomic E-state index is 0.346. The molecule has 0 aliphatic carbocycles. The topological polar surface area (TPSA) is 38.5 Å². The van der Waals surface area contributed by atoms with Gasteiger partial charge in [0.15, 0.2) is 0 Å². The van der Waals surface area contributed by atoms with E-state index in [2.05, 4.69) is 24.0 Å². The molecular weight excluding hydrogens is 224 g/mol. The Morgan fingerprint density at radius 1 is 1.39 bits per heavy atom. The van der Waals surface area contributed by atoms with Crippen LogP contribution in [-0.2, 0) is 0 Å². The van der Waals surface area contributed by atoms with E-state index < -0.39 is 0 Å². The quantitative estimate of drug-likeness (QED) is 0.870. The largest absolute Gasteiger partial charge is 0.494 e. The molecule has 1 aliphatic heterocycles. The molecule has 0 aromatic heterocycles. The molecule has 0 saturated carbocycles. The Morgan fingerprint density at radius 2 is 2.11 bits per heavy atom. The molecule has 1 heterocycles. The van der Waals surface area contributed by atoms with E-state index in [1.165, 1.54) is 18.4 Å². The lowest BCUT2D eigenvalue weighted by Gasteiger charge is -2.31. The molecule has 0 radical (unpaired) electrons. The SMILES string of the molecule is CCOc1ccc(C(CN)N2CCCC2C)cc1. The molecular formula is C15H24N2O. The van der Waals surface area contributed by atoms with Gasteiger partial charge in [-0.25, -0.2) is 0 Å². The first-order valence-corrected chi connectivity index (χ1v) is 6.94. The van der Waals surface area contributed by atoms with Gasteiger partial charge >= 0.3 is 0 Å². The molecule has 1 aromatic carbocycles. The fraction of sp³-hybridized carbons (Fsp3) is 0.600. The van der Waals surface area contributed by atoms with Gasteiger partial charge in [-0.1, -0.05) is 12.1 Å². The number of likely N-dealkylation sites (tertiary alicyclic amines) is 1. The van der Waals surface area contributed by atoms with E-state index in [4.69, 9.17) is 10.5 Å². The molecule has 2 rings (SSSR count). The number of hydrogen-bond acceptors (Lipinski definition) is 3. The summed E-state index contributed by atoms with van der Waals surface area (Å²) >= 11 is 0. The Kier molecular flexibility index (Phi) is 4.61. The summed E-state index contributed by atoms with van der Waals surface area (Å²) in [5, 5.41) is 0. The third-order valence-electron chi connectivity index (χ3n) is 3.80. The lowest BCUT2D eigenvalue weighted by Crippen LogP contribution is -2.35.